The Hall–Kier alpha value is -6.20. The van der Waals surface area contributed by atoms with Gasteiger partial charge in [0.05, 0.1) is 32.1 Å². The van der Waals surface area contributed by atoms with E-state index in [-0.39, 0.29) is 115 Å². The number of nitrogens with zero attached hydrogens (tertiary/aromatic N) is 8. The summed E-state index contributed by atoms with van der Waals surface area (Å²) in [6.07, 6.45) is 0.408. The molecular weight excluding hydrogens is 1180 g/mol. The minimum atomic E-state index is -1.63. The predicted octanol–water partition coefficient (Wildman–Crippen LogP) is -0.387. The first-order chi connectivity index (χ1) is 35.9. The molecule has 1 saturated heterocycles. The van der Waals surface area contributed by atoms with Crippen LogP contribution in [-0.4, -0.2) is 239 Å². The second kappa shape index (κ2) is 34.5. The van der Waals surface area contributed by atoms with Crippen LogP contribution >= 0.6 is 0 Å². The van der Waals surface area contributed by atoms with E-state index in [0.717, 1.165) is 11.1 Å². The number of amides is 2. The van der Waals surface area contributed by atoms with Crippen molar-refractivity contribution in [3.8, 4) is 0 Å². The van der Waals surface area contributed by atoms with Crippen LogP contribution < -0.4 is 15.5 Å². The Labute approximate surface area is 473 Å². The molecular formula is C48H70LuN10O18. The van der Waals surface area contributed by atoms with Gasteiger partial charge >= 0.3 is 53.8 Å². The summed E-state index contributed by atoms with van der Waals surface area (Å²) in [5.41, 5.74) is 1.63. The molecule has 0 aliphatic carbocycles. The maximum absolute atomic E-state index is 12.8. The van der Waals surface area contributed by atoms with E-state index in [4.69, 9.17) is 10.1 Å². The molecule has 0 spiro atoms. The topological polar surface area (TPSA) is 411 Å². The van der Waals surface area contributed by atoms with Gasteiger partial charge < -0.3 is 56.4 Å². The van der Waals surface area contributed by atoms with E-state index < -0.39 is 122 Å². The largest absolute Gasteiger partial charge is 0.481 e. The Morgan fingerprint density at radius 3 is 1.57 bits per heavy atom. The zero-order valence-electron chi connectivity index (χ0n) is 42.9. The molecule has 1 radical (unpaired) electrons. The first-order valence-corrected chi connectivity index (χ1v) is 24.6. The van der Waals surface area contributed by atoms with Crippen molar-refractivity contribution >= 4 is 65.5 Å². The number of carbonyl (C=O) groups excluding carboxylic acids is 2. The molecule has 3 rings (SSSR count). The van der Waals surface area contributed by atoms with Crippen LogP contribution in [0.25, 0.3) is 0 Å². The van der Waals surface area contributed by atoms with Crippen molar-refractivity contribution in [3.05, 3.63) is 47.0 Å². The summed E-state index contributed by atoms with van der Waals surface area (Å²) in [6.45, 7) is -0.364. The molecule has 1 aromatic heterocycles. The standard InChI is InChI=1S/C48H70N10O18.Lu/c1-54(2)47-52-37(7-5-3-4-6-32(44(70)71)24-34(59)12-13-35(45(72)73)49-48(76)50-36(46(74)75)14-15-39(60)61)51-38(53-47)23-31-10-8-30(9-11-31)22-33-25-57(28-42(66)67)19-18-55(26-40(62)63)16-17-56(27-41(64)65)20-21-58(33)29-43(68)69;/h8-11,32-33,35-36H,3-7,12-29H2,1-2H3,(H,60,61)(H,62,63)(H,64,65)(H,66,67)(H,68,69)(H,70,71)(H,72,73)(H,74,75)(H2,49,50,76);/t32?,33?,35-,36-;/m0./s1. The van der Waals surface area contributed by atoms with Crippen LogP contribution in [0.4, 0.5) is 10.7 Å². The van der Waals surface area contributed by atoms with E-state index in [0.29, 0.717) is 49.7 Å². The third-order valence-electron chi connectivity index (χ3n) is 12.4. The number of benzene rings is 1. The number of aliphatic carboxylic acids is 8. The quantitative estimate of drug-likeness (QED) is 0.0417. The van der Waals surface area contributed by atoms with Gasteiger partial charge in [-0.25, -0.2) is 19.4 Å². The van der Waals surface area contributed by atoms with Crippen LogP contribution in [0.5, 0.6) is 0 Å². The molecule has 0 bridgehead atoms. The summed E-state index contributed by atoms with van der Waals surface area (Å²) in [6, 6.07) is 2.47. The van der Waals surface area contributed by atoms with Crippen molar-refractivity contribution in [3.63, 3.8) is 0 Å². The summed E-state index contributed by atoms with van der Waals surface area (Å²) in [7, 11) is 3.54. The molecule has 1 aliphatic heterocycles. The van der Waals surface area contributed by atoms with Gasteiger partial charge in [0, 0.05) is 135 Å². The number of anilines is 1. The predicted molar refractivity (Wildman–Crippen MR) is 266 cm³/mol. The van der Waals surface area contributed by atoms with Gasteiger partial charge in [-0.1, -0.05) is 37.1 Å². The third-order valence-corrected chi connectivity index (χ3v) is 12.4. The molecule has 1 aliphatic rings. The van der Waals surface area contributed by atoms with Crippen LogP contribution in [0.1, 0.15) is 80.6 Å². The average molecular weight is 1250 g/mol. The number of urea groups is 1. The van der Waals surface area contributed by atoms with Crippen LogP contribution in [0.2, 0.25) is 0 Å². The molecule has 10 N–H and O–H groups in total. The van der Waals surface area contributed by atoms with E-state index in [9.17, 15) is 83.7 Å². The van der Waals surface area contributed by atoms with E-state index in [1.807, 2.05) is 29.6 Å². The second-order valence-electron chi connectivity index (χ2n) is 18.8. The van der Waals surface area contributed by atoms with E-state index in [1.54, 1.807) is 38.6 Å². The van der Waals surface area contributed by atoms with Crippen molar-refractivity contribution in [1.29, 1.82) is 0 Å². The smallest absolute Gasteiger partial charge is 0.326 e. The summed E-state index contributed by atoms with van der Waals surface area (Å²) in [5.74, 6) is -10.3. The monoisotopic (exact) mass is 1250 g/mol. The average Bonchev–Trinajstić information content (AvgIpc) is 3.32. The number of aryl methyl sites for hydroxylation is 1. The zero-order chi connectivity index (χ0) is 56.5. The molecule has 0 saturated carbocycles. The number of rotatable bonds is 32. The molecule has 1 fully saturated rings. The molecule has 4 atom stereocenters. The number of nitrogens with one attached hydrogen (secondary N) is 2. The number of carboxylic acids is 8. The third kappa shape index (κ3) is 27.1. The number of carbonyl (C=O) groups is 10. The van der Waals surface area contributed by atoms with Gasteiger partial charge in [-0.2, -0.15) is 9.97 Å². The van der Waals surface area contributed by atoms with Crippen molar-refractivity contribution in [2.75, 3.05) is 91.0 Å². The van der Waals surface area contributed by atoms with Crippen molar-refractivity contribution < 1.29 is 126 Å². The molecule has 77 heavy (non-hydrogen) atoms. The van der Waals surface area contributed by atoms with Gasteiger partial charge in [0.15, 0.2) is 0 Å². The molecule has 2 aromatic rings. The minimum absolute atomic E-state index is 0. The van der Waals surface area contributed by atoms with Crippen molar-refractivity contribution in [1.82, 2.24) is 45.2 Å². The van der Waals surface area contributed by atoms with Gasteiger partial charge in [0.1, 0.15) is 29.5 Å². The maximum Gasteiger partial charge on any atom is 0.326 e. The summed E-state index contributed by atoms with van der Waals surface area (Å²) in [5, 5.41) is 80.4. The second-order valence-corrected chi connectivity index (χ2v) is 18.8. The van der Waals surface area contributed by atoms with Crippen molar-refractivity contribution in [2.45, 2.75) is 95.2 Å². The Morgan fingerprint density at radius 2 is 1.06 bits per heavy atom. The number of hydrogen-bond acceptors (Lipinski definition) is 18. The fraction of sp³-hybridized carbons (Fsp3) is 0.604. The molecule has 2 amide bonds. The maximum atomic E-state index is 12.8. The first kappa shape index (κ1) is 66.9. The van der Waals surface area contributed by atoms with Crippen LogP contribution in [0.3, 0.4) is 0 Å². The number of carboxylic acid groups (broad SMARTS) is 8. The SMILES string of the molecule is CN(C)c1nc(CCCCCC(CC(=O)CC[C@H](NC(=O)N[C@@H](CCC(=O)O)C(=O)O)C(=O)O)C(=O)O)nc(Cc2ccc(CC3CN(CC(=O)O)CCN(CC(=O)O)CCN(CC(=O)O)CCN3CC(=O)O)cc2)n1.[Lu]. The molecule has 2 heterocycles. The van der Waals surface area contributed by atoms with Gasteiger partial charge in [0.25, 0.3) is 0 Å². The van der Waals surface area contributed by atoms with E-state index >= 15 is 0 Å². The number of Topliss-reactive ketones (excluding diaryl/α,β-unsaturated/α-hetero) is 1. The first-order valence-electron chi connectivity index (χ1n) is 24.6. The van der Waals surface area contributed by atoms with Gasteiger partial charge in [-0.3, -0.25) is 53.2 Å². The number of hydrogen-bond donors (Lipinski definition) is 10. The van der Waals surface area contributed by atoms with Crippen molar-refractivity contribution in [2.24, 2.45) is 5.92 Å². The summed E-state index contributed by atoms with van der Waals surface area (Å²) >= 11 is 0. The fourth-order valence-corrected chi connectivity index (χ4v) is 8.44. The number of unbranched alkanes of at least 4 members (excludes halogenated alkanes) is 2. The Bertz CT molecular complexity index is 2330. The Balaban J connectivity index is 0.0000203. The van der Waals surface area contributed by atoms with Gasteiger partial charge in [-0.15, -0.1) is 0 Å². The van der Waals surface area contributed by atoms with Gasteiger partial charge in [0.2, 0.25) is 5.95 Å². The normalized spacial score (nSPS) is 16.2. The Kier molecular flexibility index (Phi) is 30.0. The van der Waals surface area contributed by atoms with Gasteiger partial charge in [-0.05, 0) is 43.2 Å². The number of ketones is 1. The van der Waals surface area contributed by atoms with E-state index in [1.165, 1.54) is 0 Å². The summed E-state index contributed by atoms with van der Waals surface area (Å²) in [4.78, 5) is 141. The fourth-order valence-electron chi connectivity index (χ4n) is 8.44. The summed E-state index contributed by atoms with van der Waals surface area (Å²) < 4.78 is 0. The zero-order valence-corrected chi connectivity index (χ0v) is 44.5. The number of aromatic nitrogens is 3. The van der Waals surface area contributed by atoms with Crippen LogP contribution in [-0.2, 0) is 62.4 Å². The Morgan fingerprint density at radius 1 is 0.571 bits per heavy atom. The molecule has 2 unspecified atom stereocenters. The minimum Gasteiger partial charge on any atom is -0.481 e. The molecule has 435 valence electrons. The molecule has 1 aromatic carbocycles. The molecule has 29 heteroatoms. The van der Waals surface area contributed by atoms with Crippen LogP contribution in [0.15, 0.2) is 24.3 Å². The molecule has 28 nitrogen and oxygen atoms in total. The van der Waals surface area contributed by atoms with E-state index in [2.05, 4.69) is 15.3 Å². The van der Waals surface area contributed by atoms with Crippen LogP contribution in [0, 0.1) is 42.8 Å².